The van der Waals surface area contributed by atoms with E-state index >= 15 is 0 Å². The van der Waals surface area contributed by atoms with Crippen LogP contribution in [-0.4, -0.2) is 57.3 Å². The molecule has 1 aliphatic heterocycles. The highest BCUT2D eigenvalue weighted by atomic mass is 32.2. The van der Waals surface area contributed by atoms with Gasteiger partial charge in [0.15, 0.2) is 0 Å². The number of fused-ring (bicyclic) bond motifs is 1. The molecule has 0 radical (unpaired) electrons. The molecule has 6 heteroatoms. The van der Waals surface area contributed by atoms with Crippen molar-refractivity contribution in [3.63, 3.8) is 0 Å². The number of piperazine rings is 1. The highest BCUT2D eigenvalue weighted by Gasteiger charge is 2.21. The number of amides is 1. The second-order valence-electron chi connectivity index (χ2n) is 6.77. The van der Waals surface area contributed by atoms with Gasteiger partial charge < -0.3 is 4.90 Å². The summed E-state index contributed by atoms with van der Waals surface area (Å²) in [6.07, 6.45) is 2.58. The number of carbonyl (C=O) groups excluding carboxylic acids is 1. The summed E-state index contributed by atoms with van der Waals surface area (Å²) in [6, 6.07) is 18.5. The highest BCUT2D eigenvalue weighted by molar-refractivity contribution is 7.99. The first-order valence-electron chi connectivity index (χ1n) is 9.39. The summed E-state index contributed by atoms with van der Waals surface area (Å²) in [5, 5.41) is 4.62. The lowest BCUT2D eigenvalue weighted by molar-refractivity contribution is -0.132. The third-order valence-corrected chi connectivity index (χ3v) is 5.87. The van der Waals surface area contributed by atoms with Crippen molar-refractivity contribution in [3.05, 3.63) is 66.5 Å². The Labute approximate surface area is 164 Å². The molecular weight excluding hydrogens is 356 g/mol. The number of aromatic nitrogens is 2. The predicted molar refractivity (Wildman–Crippen MR) is 109 cm³/mol. The minimum absolute atomic E-state index is 0.269. The van der Waals surface area contributed by atoms with Gasteiger partial charge in [0.2, 0.25) is 5.91 Å². The topological polar surface area (TPSA) is 40.9 Å². The van der Waals surface area contributed by atoms with Crippen LogP contribution in [0.3, 0.4) is 0 Å². The third kappa shape index (κ3) is 4.70. The predicted octanol–water partition coefficient (Wildman–Crippen LogP) is 3.16. The monoisotopic (exact) mass is 380 g/mol. The van der Waals surface area contributed by atoms with Crippen LogP contribution in [-0.2, 0) is 11.3 Å². The van der Waals surface area contributed by atoms with Crippen LogP contribution < -0.4 is 0 Å². The van der Waals surface area contributed by atoms with Gasteiger partial charge in [-0.25, -0.2) is 4.52 Å². The largest absolute Gasteiger partial charge is 0.340 e. The van der Waals surface area contributed by atoms with Crippen LogP contribution >= 0.6 is 11.8 Å². The average molecular weight is 381 g/mol. The van der Waals surface area contributed by atoms with E-state index in [0.717, 1.165) is 49.7 Å². The first-order valence-corrected chi connectivity index (χ1v) is 10.4. The van der Waals surface area contributed by atoms with E-state index in [4.69, 9.17) is 0 Å². The van der Waals surface area contributed by atoms with E-state index in [2.05, 4.69) is 34.3 Å². The molecule has 3 heterocycles. The van der Waals surface area contributed by atoms with Crippen LogP contribution in [0.4, 0.5) is 0 Å². The fourth-order valence-corrected chi connectivity index (χ4v) is 4.25. The summed E-state index contributed by atoms with van der Waals surface area (Å²) in [6.45, 7) is 4.27. The molecular formula is C21H24N4OS. The standard InChI is InChI=1S/C21H24N4OS/c26-21(9-15-27-20-7-2-1-3-8-20)24-13-11-23(12-14-24)17-18-16-19-6-4-5-10-25(19)22-18/h1-8,10,16H,9,11-15,17H2. The molecule has 0 N–H and O–H groups in total. The normalized spacial score (nSPS) is 15.3. The summed E-state index contributed by atoms with van der Waals surface area (Å²) in [7, 11) is 0. The van der Waals surface area contributed by atoms with Crippen molar-refractivity contribution in [1.82, 2.24) is 19.4 Å². The van der Waals surface area contributed by atoms with Crippen molar-refractivity contribution in [1.29, 1.82) is 0 Å². The maximum Gasteiger partial charge on any atom is 0.223 e. The molecule has 0 unspecified atom stereocenters. The van der Waals surface area contributed by atoms with Crippen molar-refractivity contribution in [3.8, 4) is 0 Å². The van der Waals surface area contributed by atoms with Gasteiger partial charge in [-0.1, -0.05) is 24.3 Å². The van der Waals surface area contributed by atoms with Gasteiger partial charge in [0.25, 0.3) is 0 Å². The van der Waals surface area contributed by atoms with E-state index in [0.29, 0.717) is 6.42 Å². The zero-order valence-electron chi connectivity index (χ0n) is 15.3. The van der Waals surface area contributed by atoms with Crippen LogP contribution in [0.15, 0.2) is 65.7 Å². The van der Waals surface area contributed by atoms with Crippen molar-refractivity contribution in [2.24, 2.45) is 0 Å². The lowest BCUT2D eigenvalue weighted by Gasteiger charge is -2.34. The average Bonchev–Trinajstić information content (AvgIpc) is 3.11. The smallest absolute Gasteiger partial charge is 0.223 e. The number of pyridine rings is 1. The molecule has 1 aliphatic rings. The van der Waals surface area contributed by atoms with E-state index in [1.165, 1.54) is 4.90 Å². The molecule has 0 spiro atoms. The zero-order chi connectivity index (χ0) is 18.5. The molecule has 1 fully saturated rings. The lowest BCUT2D eigenvalue weighted by Crippen LogP contribution is -2.48. The van der Waals surface area contributed by atoms with Crippen molar-refractivity contribution < 1.29 is 4.79 Å². The Kier molecular flexibility index (Phi) is 5.75. The van der Waals surface area contributed by atoms with Crippen molar-refractivity contribution in [2.45, 2.75) is 17.9 Å². The zero-order valence-corrected chi connectivity index (χ0v) is 16.1. The van der Waals surface area contributed by atoms with Gasteiger partial charge in [-0.3, -0.25) is 9.69 Å². The summed E-state index contributed by atoms with van der Waals surface area (Å²) in [5.74, 6) is 1.11. The summed E-state index contributed by atoms with van der Waals surface area (Å²) in [5.41, 5.74) is 2.21. The fourth-order valence-electron chi connectivity index (χ4n) is 3.38. The first-order chi connectivity index (χ1) is 13.3. The van der Waals surface area contributed by atoms with Gasteiger partial charge in [0.05, 0.1) is 11.2 Å². The molecule has 27 heavy (non-hydrogen) atoms. The molecule has 140 valence electrons. The van der Waals surface area contributed by atoms with E-state index in [1.54, 1.807) is 11.8 Å². The number of hydrogen-bond donors (Lipinski definition) is 0. The van der Waals surface area contributed by atoms with Gasteiger partial charge in [-0.15, -0.1) is 11.8 Å². The first kappa shape index (κ1) is 18.1. The highest BCUT2D eigenvalue weighted by Crippen LogP contribution is 2.18. The van der Waals surface area contributed by atoms with Crippen LogP contribution in [0.1, 0.15) is 12.1 Å². The van der Waals surface area contributed by atoms with Crippen LogP contribution in [0.25, 0.3) is 5.52 Å². The van der Waals surface area contributed by atoms with E-state index in [-0.39, 0.29) is 5.91 Å². The second kappa shape index (κ2) is 8.59. The Bertz CT molecular complexity index is 854. The number of nitrogens with zero attached hydrogens (tertiary/aromatic N) is 4. The Morgan fingerprint density at radius 2 is 1.78 bits per heavy atom. The number of benzene rings is 1. The minimum Gasteiger partial charge on any atom is -0.340 e. The lowest BCUT2D eigenvalue weighted by atomic mass is 10.2. The number of carbonyl (C=O) groups is 1. The summed E-state index contributed by atoms with van der Waals surface area (Å²) < 4.78 is 1.92. The van der Waals surface area contributed by atoms with E-state index < -0.39 is 0 Å². The van der Waals surface area contributed by atoms with Gasteiger partial charge in [0, 0.05) is 56.0 Å². The summed E-state index contributed by atoms with van der Waals surface area (Å²) >= 11 is 1.75. The SMILES string of the molecule is O=C(CCSc1ccccc1)N1CCN(Cc2cc3ccccn3n2)CC1. The molecule has 4 rings (SSSR count). The van der Waals surface area contributed by atoms with Crippen molar-refractivity contribution >= 4 is 23.2 Å². The van der Waals surface area contributed by atoms with Gasteiger partial charge in [-0.05, 0) is 30.3 Å². The Morgan fingerprint density at radius 3 is 2.56 bits per heavy atom. The quantitative estimate of drug-likeness (QED) is 0.616. The molecule has 1 aromatic carbocycles. The fraction of sp³-hybridized carbons (Fsp3) is 0.333. The van der Waals surface area contributed by atoms with Crippen LogP contribution in [0.2, 0.25) is 0 Å². The van der Waals surface area contributed by atoms with E-state index in [1.807, 2.05) is 45.9 Å². The van der Waals surface area contributed by atoms with Crippen LogP contribution in [0.5, 0.6) is 0 Å². The maximum atomic E-state index is 12.4. The van der Waals surface area contributed by atoms with E-state index in [9.17, 15) is 4.79 Å². The second-order valence-corrected chi connectivity index (χ2v) is 7.94. The maximum absolute atomic E-state index is 12.4. The Balaban J connectivity index is 1.21. The molecule has 0 bridgehead atoms. The molecule has 5 nitrogen and oxygen atoms in total. The Morgan fingerprint density at radius 1 is 1.00 bits per heavy atom. The molecule has 0 aliphatic carbocycles. The van der Waals surface area contributed by atoms with Crippen LogP contribution in [0, 0.1) is 0 Å². The number of rotatable bonds is 6. The van der Waals surface area contributed by atoms with Gasteiger partial charge in [0.1, 0.15) is 0 Å². The third-order valence-electron chi connectivity index (χ3n) is 4.86. The molecule has 0 saturated carbocycles. The number of thioether (sulfide) groups is 1. The molecule has 1 amide bonds. The summed E-state index contributed by atoms with van der Waals surface area (Å²) in [4.78, 5) is 18.1. The Hall–Kier alpha value is -2.31. The molecule has 1 saturated heterocycles. The van der Waals surface area contributed by atoms with Gasteiger partial charge in [-0.2, -0.15) is 5.10 Å². The molecule has 3 aromatic rings. The molecule has 0 atom stereocenters. The minimum atomic E-state index is 0.269. The van der Waals surface area contributed by atoms with Crippen molar-refractivity contribution in [2.75, 3.05) is 31.9 Å². The van der Waals surface area contributed by atoms with Gasteiger partial charge >= 0.3 is 0 Å². The number of hydrogen-bond acceptors (Lipinski definition) is 4. The molecule has 2 aromatic heterocycles.